The maximum atomic E-state index is 5.44. The standard InChI is InChI=1S/C22H45NO9/c1-4-24-7-8-26-11-12-28-15-16-30-19-20-32-22-21-31-18-17-29-14-13-27-10-9-25-6-5-23(2)3/h4H,1,5-22H2,2-3H3. The third-order valence-corrected chi connectivity index (χ3v) is 3.75. The molecule has 0 aliphatic rings. The molecular formula is C22H45NO9. The molecule has 0 radical (unpaired) electrons. The summed E-state index contributed by atoms with van der Waals surface area (Å²) in [5, 5.41) is 0. The van der Waals surface area contributed by atoms with Crippen LogP contribution >= 0.6 is 0 Å². The molecule has 0 N–H and O–H groups in total. The monoisotopic (exact) mass is 467 g/mol. The first-order chi connectivity index (χ1) is 15.8. The molecule has 10 nitrogen and oxygen atoms in total. The molecule has 0 aliphatic carbocycles. The Morgan fingerprint density at radius 2 is 0.688 bits per heavy atom. The number of likely N-dealkylation sites (N-methyl/N-ethyl adjacent to an activating group) is 1. The lowest BCUT2D eigenvalue weighted by molar-refractivity contribution is -0.0241. The fourth-order valence-electron chi connectivity index (χ4n) is 2.08. The van der Waals surface area contributed by atoms with E-state index < -0.39 is 0 Å². The summed E-state index contributed by atoms with van der Waals surface area (Å²) in [7, 11) is 4.04. The Bertz CT molecular complexity index is 362. The topological polar surface area (TPSA) is 86.3 Å². The Morgan fingerprint density at radius 1 is 0.438 bits per heavy atom. The fourth-order valence-corrected chi connectivity index (χ4v) is 2.08. The molecule has 0 rings (SSSR count). The van der Waals surface area contributed by atoms with Gasteiger partial charge in [-0.1, -0.05) is 6.58 Å². The van der Waals surface area contributed by atoms with Gasteiger partial charge in [-0.25, -0.2) is 0 Å². The van der Waals surface area contributed by atoms with Crippen LogP contribution in [0.2, 0.25) is 0 Å². The quantitative estimate of drug-likeness (QED) is 0.122. The number of nitrogens with zero attached hydrogens (tertiary/aromatic N) is 1. The number of ether oxygens (including phenoxy) is 9. The molecule has 0 atom stereocenters. The van der Waals surface area contributed by atoms with Crippen LogP contribution in [0.4, 0.5) is 0 Å². The van der Waals surface area contributed by atoms with Crippen molar-refractivity contribution >= 4 is 0 Å². The summed E-state index contributed by atoms with van der Waals surface area (Å²) in [6.45, 7) is 13.8. The van der Waals surface area contributed by atoms with Crippen LogP contribution in [0.5, 0.6) is 0 Å². The summed E-state index contributed by atoms with van der Waals surface area (Å²) in [6.07, 6.45) is 1.40. The van der Waals surface area contributed by atoms with Crippen LogP contribution in [0.1, 0.15) is 0 Å². The summed E-state index contributed by atoms with van der Waals surface area (Å²) in [5.41, 5.74) is 0. The van der Waals surface area contributed by atoms with E-state index in [1.54, 1.807) is 0 Å². The molecule has 10 heteroatoms. The highest BCUT2D eigenvalue weighted by atomic mass is 16.6. The van der Waals surface area contributed by atoms with Crippen molar-refractivity contribution in [2.45, 2.75) is 0 Å². The molecule has 0 heterocycles. The van der Waals surface area contributed by atoms with Gasteiger partial charge in [0.15, 0.2) is 0 Å². The van der Waals surface area contributed by atoms with Crippen LogP contribution in [-0.2, 0) is 42.6 Å². The molecule has 0 fully saturated rings. The predicted molar refractivity (Wildman–Crippen MR) is 121 cm³/mol. The van der Waals surface area contributed by atoms with Gasteiger partial charge in [0.2, 0.25) is 0 Å². The molecule has 0 spiro atoms. The second-order valence-electron chi connectivity index (χ2n) is 6.74. The maximum absolute atomic E-state index is 5.44. The van der Waals surface area contributed by atoms with E-state index in [-0.39, 0.29) is 0 Å². The highest BCUT2D eigenvalue weighted by Gasteiger charge is 1.95. The van der Waals surface area contributed by atoms with Gasteiger partial charge in [-0.15, -0.1) is 0 Å². The van der Waals surface area contributed by atoms with Crippen LogP contribution in [0, 0.1) is 0 Å². The van der Waals surface area contributed by atoms with Crippen LogP contribution in [-0.4, -0.2) is 138 Å². The largest absolute Gasteiger partial charge is 0.499 e. The molecule has 0 aromatic heterocycles. The molecule has 0 aliphatic heterocycles. The molecule has 0 unspecified atom stereocenters. The van der Waals surface area contributed by atoms with E-state index in [4.69, 9.17) is 42.6 Å². The Balaban J connectivity index is 3.00. The average molecular weight is 468 g/mol. The molecule has 0 saturated heterocycles. The van der Waals surface area contributed by atoms with Gasteiger partial charge >= 0.3 is 0 Å². The SMILES string of the molecule is C=COCCOCCOCCOCCOCCOCCOCCOCCOCCN(C)C. The van der Waals surface area contributed by atoms with Crippen molar-refractivity contribution in [2.75, 3.05) is 133 Å². The second-order valence-corrected chi connectivity index (χ2v) is 6.74. The van der Waals surface area contributed by atoms with Gasteiger partial charge in [-0.05, 0) is 14.1 Å². The lowest BCUT2D eigenvalue weighted by atomic mass is 10.6. The van der Waals surface area contributed by atoms with Gasteiger partial charge in [0.05, 0.1) is 112 Å². The zero-order valence-electron chi connectivity index (χ0n) is 20.1. The normalized spacial score (nSPS) is 11.3. The van der Waals surface area contributed by atoms with Crippen LogP contribution in [0.25, 0.3) is 0 Å². The Morgan fingerprint density at radius 3 is 0.938 bits per heavy atom. The Kier molecular flexibility index (Phi) is 27.5. The molecule has 0 saturated carbocycles. The van der Waals surface area contributed by atoms with Crippen LogP contribution < -0.4 is 0 Å². The van der Waals surface area contributed by atoms with Gasteiger partial charge in [-0.3, -0.25) is 0 Å². The number of rotatable bonds is 28. The predicted octanol–water partition coefficient (Wildman–Crippen LogP) is 0.841. The zero-order valence-corrected chi connectivity index (χ0v) is 20.1. The maximum Gasteiger partial charge on any atom is 0.111 e. The summed E-state index contributed by atoms with van der Waals surface area (Å²) in [4.78, 5) is 2.08. The molecule has 0 bridgehead atoms. The Labute approximate surface area is 193 Å². The molecule has 0 amide bonds. The average Bonchev–Trinajstić information content (AvgIpc) is 2.78. The van der Waals surface area contributed by atoms with E-state index in [0.717, 1.165) is 13.2 Å². The summed E-state index contributed by atoms with van der Waals surface area (Å²) < 4.78 is 48.2. The lowest BCUT2D eigenvalue weighted by Crippen LogP contribution is -2.19. The van der Waals surface area contributed by atoms with Crippen molar-refractivity contribution in [2.24, 2.45) is 0 Å². The smallest absolute Gasteiger partial charge is 0.111 e. The van der Waals surface area contributed by atoms with Crippen molar-refractivity contribution in [3.8, 4) is 0 Å². The fraction of sp³-hybridized carbons (Fsp3) is 0.909. The molecule has 32 heavy (non-hydrogen) atoms. The molecule has 0 aromatic rings. The summed E-state index contributed by atoms with van der Waals surface area (Å²) in [5.74, 6) is 0. The molecule has 0 aromatic carbocycles. The van der Waals surface area contributed by atoms with Crippen molar-refractivity contribution in [3.63, 3.8) is 0 Å². The van der Waals surface area contributed by atoms with Crippen molar-refractivity contribution in [3.05, 3.63) is 12.8 Å². The summed E-state index contributed by atoms with van der Waals surface area (Å²) >= 11 is 0. The van der Waals surface area contributed by atoms with Crippen LogP contribution in [0.15, 0.2) is 12.8 Å². The third kappa shape index (κ3) is 29.2. The Hall–Kier alpha value is -0.820. The van der Waals surface area contributed by atoms with Crippen LogP contribution in [0.3, 0.4) is 0 Å². The van der Waals surface area contributed by atoms with Gasteiger partial charge in [-0.2, -0.15) is 0 Å². The first-order valence-electron chi connectivity index (χ1n) is 11.3. The van der Waals surface area contributed by atoms with Crippen molar-refractivity contribution < 1.29 is 42.6 Å². The van der Waals surface area contributed by atoms with E-state index in [0.29, 0.717) is 106 Å². The van der Waals surface area contributed by atoms with Crippen molar-refractivity contribution in [1.82, 2.24) is 4.90 Å². The zero-order chi connectivity index (χ0) is 23.4. The first kappa shape index (κ1) is 31.2. The van der Waals surface area contributed by atoms with E-state index >= 15 is 0 Å². The lowest BCUT2D eigenvalue weighted by Gasteiger charge is -2.10. The molecular weight excluding hydrogens is 422 g/mol. The van der Waals surface area contributed by atoms with E-state index in [9.17, 15) is 0 Å². The van der Waals surface area contributed by atoms with Crippen molar-refractivity contribution in [1.29, 1.82) is 0 Å². The van der Waals surface area contributed by atoms with E-state index in [1.807, 2.05) is 14.1 Å². The van der Waals surface area contributed by atoms with E-state index in [2.05, 4.69) is 11.5 Å². The van der Waals surface area contributed by atoms with E-state index in [1.165, 1.54) is 6.26 Å². The highest BCUT2D eigenvalue weighted by Crippen LogP contribution is 1.86. The minimum absolute atomic E-state index is 0.509. The second kappa shape index (κ2) is 28.2. The molecule has 192 valence electrons. The minimum Gasteiger partial charge on any atom is -0.499 e. The minimum atomic E-state index is 0.509. The number of hydrogen-bond donors (Lipinski definition) is 0. The van der Waals surface area contributed by atoms with Gasteiger partial charge in [0, 0.05) is 6.54 Å². The van der Waals surface area contributed by atoms with Gasteiger partial charge in [0.25, 0.3) is 0 Å². The first-order valence-corrected chi connectivity index (χ1v) is 11.3. The number of hydrogen-bond acceptors (Lipinski definition) is 10. The van der Waals surface area contributed by atoms with Gasteiger partial charge in [0.1, 0.15) is 6.61 Å². The van der Waals surface area contributed by atoms with Gasteiger partial charge < -0.3 is 47.5 Å². The highest BCUT2D eigenvalue weighted by molar-refractivity contribution is 4.47. The third-order valence-electron chi connectivity index (χ3n) is 3.75. The summed E-state index contributed by atoms with van der Waals surface area (Å²) in [6, 6.07) is 0.